The van der Waals surface area contributed by atoms with Crippen molar-refractivity contribution in [2.75, 3.05) is 0 Å². The molecule has 0 radical (unpaired) electrons. The number of carbonyl (C=O) groups excluding carboxylic acids is 2. The lowest BCUT2D eigenvalue weighted by molar-refractivity contribution is -0.143. The van der Waals surface area contributed by atoms with E-state index in [0.29, 0.717) is 10.8 Å². The highest BCUT2D eigenvalue weighted by Gasteiger charge is 2.29. The van der Waals surface area contributed by atoms with Crippen molar-refractivity contribution < 1.29 is 14.3 Å². The molecule has 140 valence electrons. The van der Waals surface area contributed by atoms with E-state index in [4.69, 9.17) is 4.74 Å². The number of amides is 1. The van der Waals surface area contributed by atoms with Crippen LogP contribution in [0.1, 0.15) is 45.1 Å². The first kappa shape index (κ1) is 19.6. The van der Waals surface area contributed by atoms with E-state index in [1.54, 1.807) is 36.1 Å². The van der Waals surface area contributed by atoms with E-state index in [0.717, 1.165) is 4.68 Å². The van der Waals surface area contributed by atoms with Crippen molar-refractivity contribution in [2.24, 2.45) is 7.05 Å². The van der Waals surface area contributed by atoms with Crippen molar-refractivity contribution in [1.29, 1.82) is 0 Å². The van der Waals surface area contributed by atoms with Crippen molar-refractivity contribution in [2.45, 2.75) is 52.8 Å². The molecule has 0 saturated carbocycles. The molecule has 1 aromatic carbocycles. The van der Waals surface area contributed by atoms with E-state index in [1.807, 2.05) is 27.7 Å². The molecular weight excluding hydrogens is 334 g/mol. The Morgan fingerprint density at radius 1 is 1.04 bits per heavy atom. The monoisotopic (exact) mass is 359 g/mol. The van der Waals surface area contributed by atoms with Gasteiger partial charge in [-0.25, -0.2) is 9.48 Å². The van der Waals surface area contributed by atoms with Gasteiger partial charge in [-0.1, -0.05) is 18.2 Å². The number of carbonyl (C=O) groups is 2. The highest BCUT2D eigenvalue weighted by Crippen LogP contribution is 2.16. The Labute approximate surface area is 152 Å². The van der Waals surface area contributed by atoms with Gasteiger partial charge in [-0.3, -0.25) is 9.59 Å². The van der Waals surface area contributed by atoms with Gasteiger partial charge in [0.1, 0.15) is 0 Å². The predicted molar refractivity (Wildman–Crippen MR) is 99.0 cm³/mol. The molecule has 7 heteroatoms. The number of aryl methyl sites for hydroxylation is 1. The van der Waals surface area contributed by atoms with Crippen LogP contribution in [0.25, 0.3) is 10.8 Å². The number of aromatic nitrogens is 2. The van der Waals surface area contributed by atoms with E-state index in [1.165, 1.54) is 7.05 Å². The average Bonchev–Trinajstić information content (AvgIpc) is 2.57. The van der Waals surface area contributed by atoms with Crippen molar-refractivity contribution >= 4 is 22.6 Å². The first-order chi connectivity index (χ1) is 12.1. The van der Waals surface area contributed by atoms with Crippen molar-refractivity contribution in [3.63, 3.8) is 0 Å². The van der Waals surface area contributed by atoms with E-state index in [-0.39, 0.29) is 29.2 Å². The molecule has 0 N–H and O–H groups in total. The lowest BCUT2D eigenvalue weighted by Crippen LogP contribution is -2.47. The Morgan fingerprint density at radius 3 is 2.12 bits per heavy atom. The fourth-order valence-corrected chi connectivity index (χ4v) is 3.03. The van der Waals surface area contributed by atoms with Crippen LogP contribution in [0, 0.1) is 0 Å². The van der Waals surface area contributed by atoms with Crippen molar-refractivity contribution in [3.8, 4) is 0 Å². The van der Waals surface area contributed by atoms with Gasteiger partial charge < -0.3 is 9.64 Å². The molecule has 0 aliphatic heterocycles. The molecule has 7 nitrogen and oxygen atoms in total. The Balaban J connectivity index is 2.33. The van der Waals surface area contributed by atoms with Crippen LogP contribution in [0.4, 0.5) is 0 Å². The molecule has 1 atom stereocenters. The van der Waals surface area contributed by atoms with Gasteiger partial charge in [-0.2, -0.15) is 5.10 Å². The van der Waals surface area contributed by atoms with Gasteiger partial charge in [0.25, 0.3) is 11.5 Å². The molecule has 2 rings (SSSR count). The minimum atomic E-state index is -0.954. The highest BCUT2D eigenvalue weighted by atomic mass is 16.5. The maximum Gasteiger partial charge on any atom is 0.360 e. The summed E-state index contributed by atoms with van der Waals surface area (Å²) < 4.78 is 6.47. The van der Waals surface area contributed by atoms with Gasteiger partial charge in [0, 0.05) is 24.5 Å². The van der Waals surface area contributed by atoms with E-state index in [9.17, 15) is 14.4 Å². The summed E-state index contributed by atoms with van der Waals surface area (Å²) in [4.78, 5) is 39.1. The first-order valence-electron chi connectivity index (χ1n) is 8.64. The topological polar surface area (TPSA) is 81.5 Å². The van der Waals surface area contributed by atoms with Gasteiger partial charge in [-0.05, 0) is 40.7 Å². The maximum absolute atomic E-state index is 12.7. The largest absolute Gasteiger partial charge is 0.448 e. The van der Waals surface area contributed by atoms with E-state index in [2.05, 4.69) is 5.10 Å². The zero-order valence-corrected chi connectivity index (χ0v) is 16.0. The fraction of sp³-hybridized carbons (Fsp3) is 0.474. The summed E-state index contributed by atoms with van der Waals surface area (Å²) in [5.41, 5.74) is -0.282. The van der Waals surface area contributed by atoms with E-state index < -0.39 is 12.1 Å². The zero-order valence-electron chi connectivity index (χ0n) is 16.0. The summed E-state index contributed by atoms with van der Waals surface area (Å²) in [7, 11) is 1.47. The molecule has 1 amide bonds. The number of hydrogen-bond donors (Lipinski definition) is 0. The van der Waals surface area contributed by atoms with Crippen molar-refractivity contribution in [3.05, 3.63) is 40.3 Å². The van der Waals surface area contributed by atoms with Crippen molar-refractivity contribution in [1.82, 2.24) is 14.7 Å². The van der Waals surface area contributed by atoms with Gasteiger partial charge in [0.15, 0.2) is 11.8 Å². The third kappa shape index (κ3) is 3.76. The lowest BCUT2D eigenvalue weighted by atomic mass is 10.1. The second kappa shape index (κ2) is 7.68. The molecule has 0 fully saturated rings. The van der Waals surface area contributed by atoms with Crippen LogP contribution >= 0.6 is 0 Å². The van der Waals surface area contributed by atoms with Crippen LogP contribution in [-0.4, -0.2) is 44.7 Å². The van der Waals surface area contributed by atoms with Crippen LogP contribution in [0.2, 0.25) is 0 Å². The summed E-state index contributed by atoms with van der Waals surface area (Å²) in [6, 6.07) is 6.67. The Morgan fingerprint density at radius 2 is 1.58 bits per heavy atom. The second-order valence-electron chi connectivity index (χ2n) is 6.80. The Kier molecular flexibility index (Phi) is 5.79. The number of hydrogen-bond acceptors (Lipinski definition) is 5. The number of ether oxygens (including phenoxy) is 1. The molecule has 0 saturated heterocycles. The quantitative estimate of drug-likeness (QED) is 0.764. The van der Waals surface area contributed by atoms with Crippen LogP contribution in [-0.2, 0) is 16.6 Å². The number of benzene rings is 1. The van der Waals surface area contributed by atoms with Gasteiger partial charge in [0.05, 0.1) is 5.39 Å². The first-order valence-corrected chi connectivity index (χ1v) is 8.64. The van der Waals surface area contributed by atoms with Gasteiger partial charge >= 0.3 is 5.97 Å². The average molecular weight is 359 g/mol. The summed E-state index contributed by atoms with van der Waals surface area (Å²) in [6.45, 7) is 9.19. The van der Waals surface area contributed by atoms with Gasteiger partial charge in [0.2, 0.25) is 0 Å². The molecule has 1 aromatic heterocycles. The summed E-state index contributed by atoms with van der Waals surface area (Å²) in [6.07, 6.45) is -0.954. The Bertz CT molecular complexity index is 878. The summed E-state index contributed by atoms with van der Waals surface area (Å²) >= 11 is 0. The highest BCUT2D eigenvalue weighted by molar-refractivity contribution is 6.02. The van der Waals surface area contributed by atoms with Crippen LogP contribution in [0.3, 0.4) is 0 Å². The van der Waals surface area contributed by atoms with Crippen LogP contribution in [0.15, 0.2) is 29.1 Å². The molecule has 0 aliphatic rings. The summed E-state index contributed by atoms with van der Waals surface area (Å²) in [5, 5.41) is 4.82. The number of rotatable bonds is 5. The smallest absolute Gasteiger partial charge is 0.360 e. The predicted octanol–water partition coefficient (Wildman–Crippen LogP) is 2.12. The molecule has 0 unspecified atom stereocenters. The normalized spacial score (nSPS) is 12.5. The van der Waals surface area contributed by atoms with Crippen LogP contribution in [0.5, 0.6) is 0 Å². The molecule has 0 bridgehead atoms. The molecule has 1 heterocycles. The lowest BCUT2D eigenvalue weighted by Gasteiger charge is -2.32. The minimum absolute atomic E-state index is 0.0137. The van der Waals surface area contributed by atoms with E-state index >= 15 is 0 Å². The number of nitrogens with zero attached hydrogens (tertiary/aromatic N) is 3. The maximum atomic E-state index is 12.7. The molecule has 2 aromatic rings. The molecular formula is C19H25N3O4. The van der Waals surface area contributed by atoms with Gasteiger partial charge in [-0.15, -0.1) is 0 Å². The SMILES string of the molecule is CC(C)N(C(=O)[C@@H](C)OC(=O)c1nn(C)c(=O)c2ccccc12)C(C)C. The third-order valence-electron chi connectivity index (χ3n) is 4.15. The number of fused-ring (bicyclic) bond motifs is 1. The standard InChI is InChI=1S/C19H25N3O4/c1-11(2)22(12(3)4)17(23)13(5)26-19(25)16-14-9-7-8-10-15(14)18(24)21(6)20-16/h7-13H,1-6H3/t13-/m1/s1. The zero-order chi connectivity index (χ0) is 19.6. The Hall–Kier alpha value is -2.70. The number of esters is 1. The molecule has 26 heavy (non-hydrogen) atoms. The third-order valence-corrected chi connectivity index (χ3v) is 4.15. The second-order valence-corrected chi connectivity index (χ2v) is 6.80. The minimum Gasteiger partial charge on any atom is -0.448 e. The fourth-order valence-electron chi connectivity index (χ4n) is 3.03. The van der Waals surface area contributed by atoms with Crippen LogP contribution < -0.4 is 5.56 Å². The molecule has 0 spiro atoms. The molecule has 0 aliphatic carbocycles. The summed E-state index contributed by atoms with van der Waals surface area (Å²) in [5.74, 6) is -0.998.